The third-order valence-electron chi connectivity index (χ3n) is 4.90. The number of carboxylic acids is 1. The van der Waals surface area contributed by atoms with Crippen molar-refractivity contribution in [3.8, 4) is 0 Å². The van der Waals surface area contributed by atoms with Gasteiger partial charge in [0.25, 0.3) is 0 Å². The zero-order valence-electron chi connectivity index (χ0n) is 19.9. The van der Waals surface area contributed by atoms with Crippen LogP contribution in [0, 0.1) is 0 Å². The summed E-state index contributed by atoms with van der Waals surface area (Å²) < 4.78 is 0. The number of hydrogen-bond acceptors (Lipinski definition) is 8. The van der Waals surface area contributed by atoms with Gasteiger partial charge in [-0.3, -0.25) is 24.2 Å². The predicted molar refractivity (Wildman–Crippen MR) is 128 cm³/mol. The van der Waals surface area contributed by atoms with Crippen molar-refractivity contribution >= 4 is 35.6 Å². The van der Waals surface area contributed by atoms with Crippen molar-refractivity contribution in [3.63, 3.8) is 0 Å². The lowest BCUT2D eigenvalue weighted by molar-refractivity contribution is -0.142. The van der Waals surface area contributed by atoms with Crippen molar-refractivity contribution in [2.75, 3.05) is 6.54 Å². The summed E-state index contributed by atoms with van der Waals surface area (Å²) in [7, 11) is 0. The topological polar surface area (TPSA) is 287 Å². The van der Waals surface area contributed by atoms with Gasteiger partial charge in [0.2, 0.25) is 23.6 Å². The molecule has 16 nitrogen and oxygen atoms in total. The molecule has 1 rings (SSSR count). The van der Waals surface area contributed by atoms with Gasteiger partial charge in [-0.1, -0.05) is 0 Å². The van der Waals surface area contributed by atoms with E-state index in [1.54, 1.807) is 0 Å². The monoisotopic (exact) mass is 510 g/mol. The Morgan fingerprint density at radius 3 is 2.08 bits per heavy atom. The summed E-state index contributed by atoms with van der Waals surface area (Å²) in [6, 6.07) is -4.69. The van der Waals surface area contributed by atoms with E-state index in [4.69, 9.17) is 22.9 Å². The van der Waals surface area contributed by atoms with Crippen molar-refractivity contribution < 1.29 is 29.1 Å². The van der Waals surface area contributed by atoms with Crippen molar-refractivity contribution in [3.05, 3.63) is 18.2 Å². The van der Waals surface area contributed by atoms with Crippen LogP contribution in [0.5, 0.6) is 0 Å². The van der Waals surface area contributed by atoms with Crippen LogP contribution < -0.4 is 38.9 Å². The lowest BCUT2D eigenvalue weighted by atomic mass is 10.1. The maximum atomic E-state index is 13.0. The molecule has 0 spiro atoms. The minimum Gasteiger partial charge on any atom is -0.480 e. The number of aliphatic carboxylic acids is 1. The third-order valence-corrected chi connectivity index (χ3v) is 4.90. The largest absolute Gasteiger partial charge is 0.480 e. The summed E-state index contributed by atoms with van der Waals surface area (Å²) in [4.78, 5) is 71.3. The van der Waals surface area contributed by atoms with Crippen LogP contribution in [-0.4, -0.2) is 81.3 Å². The summed E-state index contributed by atoms with van der Waals surface area (Å²) in [6.07, 6.45) is 2.64. The van der Waals surface area contributed by atoms with Gasteiger partial charge in [-0.25, -0.2) is 9.78 Å². The van der Waals surface area contributed by atoms with Gasteiger partial charge < -0.3 is 49.0 Å². The number of aromatic amines is 1. The zero-order chi connectivity index (χ0) is 27.3. The van der Waals surface area contributed by atoms with Crippen LogP contribution >= 0.6 is 0 Å². The van der Waals surface area contributed by atoms with Gasteiger partial charge in [-0.15, -0.1) is 0 Å². The molecule has 1 heterocycles. The van der Waals surface area contributed by atoms with E-state index in [2.05, 4.69) is 30.9 Å². The summed E-state index contributed by atoms with van der Waals surface area (Å²) in [5, 5.41) is 16.8. The number of nitrogens with two attached hydrogens (primary N) is 4. The van der Waals surface area contributed by atoms with Gasteiger partial charge in [0.15, 0.2) is 5.96 Å². The van der Waals surface area contributed by atoms with Gasteiger partial charge in [-0.05, 0) is 26.2 Å². The van der Waals surface area contributed by atoms with E-state index in [1.165, 1.54) is 19.4 Å². The minimum atomic E-state index is -1.32. The second-order valence-electron chi connectivity index (χ2n) is 8.05. The van der Waals surface area contributed by atoms with Crippen LogP contribution in [0.3, 0.4) is 0 Å². The Morgan fingerprint density at radius 1 is 1.00 bits per heavy atom. The number of carbonyl (C=O) groups is 5. The molecule has 0 aliphatic rings. The minimum absolute atomic E-state index is 0.0362. The average molecular weight is 511 g/mol. The molecule has 0 aliphatic carbocycles. The molecule has 0 aromatic carbocycles. The van der Waals surface area contributed by atoms with Gasteiger partial charge in [0.1, 0.15) is 18.1 Å². The number of primary amides is 1. The Morgan fingerprint density at radius 2 is 1.58 bits per heavy atom. The van der Waals surface area contributed by atoms with Crippen molar-refractivity contribution in [1.82, 2.24) is 25.9 Å². The second-order valence-corrected chi connectivity index (χ2v) is 8.05. The number of amides is 4. The number of rotatable bonds is 16. The van der Waals surface area contributed by atoms with Crippen LogP contribution in [-0.2, 0) is 30.4 Å². The summed E-state index contributed by atoms with van der Waals surface area (Å²) in [5.74, 6) is -4.38. The molecule has 1 aromatic rings. The number of nitrogens with zero attached hydrogens (tertiary/aromatic N) is 2. The lowest BCUT2D eigenvalue weighted by Crippen LogP contribution is -2.57. The normalized spacial score (nSPS) is 13.9. The Labute approximate surface area is 207 Å². The van der Waals surface area contributed by atoms with E-state index < -0.39 is 53.8 Å². The Bertz CT molecular complexity index is 929. The molecule has 36 heavy (non-hydrogen) atoms. The number of aliphatic imine (C=N–C) groups is 1. The number of nitrogens with one attached hydrogen (secondary N) is 4. The average Bonchev–Trinajstić information content (AvgIpc) is 3.30. The van der Waals surface area contributed by atoms with E-state index in [0.29, 0.717) is 5.69 Å². The zero-order valence-corrected chi connectivity index (χ0v) is 19.9. The first-order chi connectivity index (χ1) is 16.9. The predicted octanol–water partition coefficient (Wildman–Crippen LogP) is -3.84. The number of carboxylic acid groups (broad SMARTS) is 1. The van der Waals surface area contributed by atoms with Crippen molar-refractivity contribution in [1.29, 1.82) is 0 Å². The van der Waals surface area contributed by atoms with Crippen LogP contribution in [0.1, 0.15) is 38.3 Å². The SMILES string of the molecule is CC(N)C(=O)NC(CCC(N)=O)C(=O)NC(CCCN=C(N)N)C(=O)NC(Cc1cnc[nH]1)C(=O)O. The summed E-state index contributed by atoms with van der Waals surface area (Å²) >= 11 is 0. The molecule has 0 aliphatic heterocycles. The number of carbonyl (C=O) groups excluding carboxylic acids is 4. The second kappa shape index (κ2) is 14.9. The van der Waals surface area contributed by atoms with Crippen LogP contribution in [0.4, 0.5) is 0 Å². The molecule has 0 radical (unpaired) electrons. The maximum Gasteiger partial charge on any atom is 0.326 e. The number of guanidine groups is 1. The van der Waals surface area contributed by atoms with E-state index in [0.717, 1.165) is 0 Å². The fourth-order valence-corrected chi connectivity index (χ4v) is 2.99. The molecule has 1 aromatic heterocycles. The molecule has 0 bridgehead atoms. The van der Waals surface area contributed by atoms with E-state index in [1.807, 2.05) is 0 Å². The molecule has 0 fully saturated rings. The van der Waals surface area contributed by atoms with Gasteiger partial charge in [0.05, 0.1) is 12.4 Å². The molecular formula is C20H34N10O6. The number of imidazole rings is 1. The Kier molecular flexibility index (Phi) is 12.4. The number of H-pyrrole nitrogens is 1. The quantitative estimate of drug-likeness (QED) is 0.0592. The lowest BCUT2D eigenvalue weighted by Gasteiger charge is -2.24. The van der Waals surface area contributed by atoms with Crippen molar-refractivity contribution in [2.24, 2.45) is 27.9 Å². The third kappa shape index (κ3) is 11.3. The molecule has 4 atom stereocenters. The molecular weight excluding hydrogens is 476 g/mol. The fraction of sp³-hybridized carbons (Fsp3) is 0.550. The van der Waals surface area contributed by atoms with Gasteiger partial charge in [0, 0.05) is 31.3 Å². The van der Waals surface area contributed by atoms with Gasteiger partial charge >= 0.3 is 5.97 Å². The van der Waals surface area contributed by atoms with E-state index >= 15 is 0 Å². The Hall–Kier alpha value is -4.21. The standard InChI is InChI=1S/C20H34N10O6/c1-10(21)16(32)28-13(4-5-15(22)31)18(34)29-12(3-2-6-26-20(23)24)17(33)30-14(19(35)36)7-11-8-25-9-27-11/h8-10,12-14H,2-7,21H2,1H3,(H2,22,31)(H,25,27)(H,28,32)(H,29,34)(H,30,33)(H,35,36)(H4,23,24,26). The molecule has 16 heteroatoms. The first-order valence-electron chi connectivity index (χ1n) is 11.1. The first kappa shape index (κ1) is 29.8. The molecule has 200 valence electrons. The molecule has 0 saturated heterocycles. The van der Waals surface area contributed by atoms with Crippen LogP contribution in [0.2, 0.25) is 0 Å². The molecule has 0 saturated carbocycles. The van der Waals surface area contributed by atoms with Crippen molar-refractivity contribution in [2.45, 2.75) is 63.2 Å². The highest BCUT2D eigenvalue weighted by Crippen LogP contribution is 2.06. The maximum absolute atomic E-state index is 13.0. The summed E-state index contributed by atoms with van der Waals surface area (Å²) in [5.41, 5.74) is 21.8. The van der Waals surface area contributed by atoms with E-state index in [9.17, 15) is 29.1 Å². The highest BCUT2D eigenvalue weighted by molar-refractivity contribution is 5.94. The van der Waals surface area contributed by atoms with Gasteiger partial charge in [-0.2, -0.15) is 0 Å². The molecule has 4 unspecified atom stereocenters. The molecule has 4 amide bonds. The number of aromatic nitrogens is 2. The fourth-order valence-electron chi connectivity index (χ4n) is 2.99. The number of hydrogen-bond donors (Lipinski definition) is 9. The summed E-state index contributed by atoms with van der Waals surface area (Å²) in [6.45, 7) is 1.55. The van der Waals surface area contributed by atoms with Crippen LogP contribution in [0.25, 0.3) is 0 Å². The van der Waals surface area contributed by atoms with Crippen LogP contribution in [0.15, 0.2) is 17.5 Å². The van der Waals surface area contributed by atoms with E-state index in [-0.39, 0.29) is 44.6 Å². The Balaban J connectivity index is 3.03. The highest BCUT2D eigenvalue weighted by atomic mass is 16.4. The first-order valence-corrected chi connectivity index (χ1v) is 11.1. The molecule has 13 N–H and O–H groups in total. The smallest absolute Gasteiger partial charge is 0.326 e. The highest BCUT2D eigenvalue weighted by Gasteiger charge is 2.30.